The fourth-order valence-corrected chi connectivity index (χ4v) is 11.1. The molecule has 2 amide bonds. The van der Waals surface area contributed by atoms with Gasteiger partial charge in [0.05, 0.1) is 49.0 Å². The van der Waals surface area contributed by atoms with Gasteiger partial charge in [0.2, 0.25) is 24.2 Å². The zero-order chi connectivity index (χ0) is 50.5. The van der Waals surface area contributed by atoms with Crippen molar-refractivity contribution >= 4 is 48.2 Å². The lowest BCUT2D eigenvalue weighted by atomic mass is 9.78. The van der Waals surface area contributed by atoms with Crippen LogP contribution in [0.2, 0.25) is 0 Å². The lowest BCUT2D eigenvalue weighted by Gasteiger charge is -2.45. The van der Waals surface area contributed by atoms with E-state index in [0.29, 0.717) is 115 Å². The molecule has 75 heavy (non-hydrogen) atoms. The van der Waals surface area contributed by atoms with E-state index in [0.717, 1.165) is 39.2 Å². The third kappa shape index (κ3) is 8.12. The summed E-state index contributed by atoms with van der Waals surface area (Å²) in [5.41, 5.74) is 19.1. The van der Waals surface area contributed by atoms with E-state index in [1.165, 1.54) is 0 Å². The highest BCUT2D eigenvalue weighted by Gasteiger charge is 2.61. The number of aromatic nitrogens is 4. The van der Waals surface area contributed by atoms with Crippen LogP contribution >= 0.6 is 0 Å². The topological polar surface area (TPSA) is 239 Å². The third-order valence-corrected chi connectivity index (χ3v) is 14.7. The van der Waals surface area contributed by atoms with Crippen LogP contribution in [-0.2, 0) is 60.9 Å². The zero-order valence-corrected chi connectivity index (χ0v) is 40.7. The van der Waals surface area contributed by atoms with E-state index < -0.39 is 29.6 Å². The van der Waals surface area contributed by atoms with Gasteiger partial charge >= 0.3 is 0 Å². The van der Waals surface area contributed by atoms with Crippen LogP contribution in [0, 0.1) is 0 Å². The van der Waals surface area contributed by atoms with E-state index in [-0.39, 0.29) is 23.7 Å². The van der Waals surface area contributed by atoms with Crippen molar-refractivity contribution in [3.63, 3.8) is 0 Å². The predicted molar refractivity (Wildman–Crippen MR) is 282 cm³/mol. The van der Waals surface area contributed by atoms with Gasteiger partial charge < -0.3 is 36.5 Å². The van der Waals surface area contributed by atoms with Crippen LogP contribution in [0.4, 0.5) is 17.6 Å². The van der Waals surface area contributed by atoms with Crippen molar-refractivity contribution in [3.05, 3.63) is 200 Å². The lowest BCUT2D eigenvalue weighted by molar-refractivity contribution is -0.854. The standard InChI is InChI=1S/C56H51N15O4/c57-49(72)37-17-10-18-41-40(37)31-75-56(41,54-66-45-29-59-27-39(45)51(68-54)61-22-33-11-4-1-5-12-33)42-21-38(50-63-26-36-25-58-28-44(36)65-50)47(71(32-60-30-46(42)71)64-24-35-15-8-3-9-16-35)53(73)70-55-67-43-19-20-74-48(43)52(69-55)62-23-34-13-6-2-7-14-34/h1-18,21,26,28,32,47,50,59,64H,19-20,22-25,27,29-31H2,(H5-,57,61,62,63,65,66,67,68,69,70,72,73)/p+1. The van der Waals surface area contributed by atoms with Crippen LogP contribution in [0.3, 0.4) is 0 Å². The Morgan fingerprint density at radius 1 is 0.760 bits per heavy atom. The molecular formula is C56H52N15O4+. The Hall–Kier alpha value is -8.75. The Labute approximate surface area is 431 Å². The lowest BCUT2D eigenvalue weighted by Crippen LogP contribution is -2.68. The number of primary amides is 1. The molecule has 0 radical (unpaired) electrons. The second-order valence-corrected chi connectivity index (χ2v) is 19.2. The van der Waals surface area contributed by atoms with Gasteiger partial charge in [-0.2, -0.15) is 15.0 Å². The summed E-state index contributed by atoms with van der Waals surface area (Å²) in [6.07, 6.45) is 7.16. The molecule has 4 aromatic carbocycles. The Bertz CT molecular complexity index is 3490. The first-order chi connectivity index (χ1) is 36.8. The summed E-state index contributed by atoms with van der Waals surface area (Å²) in [5, 5.41) is 17.4. The average molecular weight is 999 g/mol. The second-order valence-electron chi connectivity index (χ2n) is 19.2. The number of rotatable bonds is 15. The summed E-state index contributed by atoms with van der Waals surface area (Å²) in [4.78, 5) is 64.7. The van der Waals surface area contributed by atoms with Crippen LogP contribution in [0.5, 0.6) is 5.75 Å². The van der Waals surface area contributed by atoms with Gasteiger partial charge in [-0.15, -0.1) is 0 Å². The number of nitrogens with two attached hydrogens (primary N) is 1. The monoisotopic (exact) mass is 998 g/mol. The summed E-state index contributed by atoms with van der Waals surface area (Å²) in [7, 11) is 0. The van der Waals surface area contributed by atoms with E-state index in [4.69, 9.17) is 45.1 Å². The van der Waals surface area contributed by atoms with Crippen LogP contribution in [0.25, 0.3) is 0 Å². The maximum atomic E-state index is 16.0. The zero-order valence-electron chi connectivity index (χ0n) is 40.7. The quantitative estimate of drug-likeness (QED) is 0.0672. The van der Waals surface area contributed by atoms with Crippen molar-refractivity contribution < 1.29 is 23.7 Å². The third-order valence-electron chi connectivity index (χ3n) is 14.7. The van der Waals surface area contributed by atoms with Gasteiger partial charge in [-0.25, -0.2) is 19.9 Å². The molecule has 0 bridgehead atoms. The van der Waals surface area contributed by atoms with E-state index >= 15 is 4.79 Å². The molecule has 0 fully saturated rings. The van der Waals surface area contributed by atoms with Gasteiger partial charge in [-0.3, -0.25) is 24.9 Å². The highest BCUT2D eigenvalue weighted by atomic mass is 16.5. The van der Waals surface area contributed by atoms with Crippen LogP contribution in [-0.4, -0.2) is 87.0 Å². The normalized spacial score (nSPS) is 22.4. The molecular weight excluding hydrogens is 947 g/mol. The first-order valence-electron chi connectivity index (χ1n) is 25.1. The summed E-state index contributed by atoms with van der Waals surface area (Å²) in [5.74, 6) is 1.11. The first kappa shape index (κ1) is 46.1. The Morgan fingerprint density at radius 3 is 2.27 bits per heavy atom. The van der Waals surface area contributed by atoms with Crippen molar-refractivity contribution in [1.82, 2.24) is 36.0 Å². The summed E-state index contributed by atoms with van der Waals surface area (Å²) in [6.45, 7) is 3.41. The summed E-state index contributed by atoms with van der Waals surface area (Å²) in [6, 6.07) is 34.5. The number of carbonyl (C=O) groups is 2. The molecule has 0 aliphatic carbocycles. The van der Waals surface area contributed by atoms with Crippen molar-refractivity contribution in [3.8, 4) is 5.75 Å². The maximum Gasteiger partial charge on any atom is 0.292 e. The van der Waals surface area contributed by atoms with Crippen molar-refractivity contribution in [2.24, 2.45) is 20.7 Å². The number of carbonyl (C=O) groups excluding carboxylic acids is 2. The number of anilines is 3. The number of hydrogen-bond acceptors (Lipinski definition) is 16. The Balaban J connectivity index is 1.00. The number of fused-ring (bicyclic) bond motifs is 4. The number of allylic oxidation sites excluding steroid dienone is 1. The van der Waals surface area contributed by atoms with Gasteiger partial charge in [0.1, 0.15) is 18.5 Å². The maximum absolute atomic E-state index is 16.0. The van der Waals surface area contributed by atoms with Gasteiger partial charge in [0, 0.05) is 72.9 Å². The molecule has 13 rings (SSSR count). The number of nitrogens with zero attached hydrogens (tertiary/aromatic N) is 8. The molecule has 7 aliphatic heterocycles. The van der Waals surface area contributed by atoms with Crippen LogP contribution in [0.1, 0.15) is 61.0 Å². The smallest absolute Gasteiger partial charge is 0.292 e. The molecule has 0 spiro atoms. The number of hydrogen-bond donors (Lipinski definition) is 7. The first-order valence-corrected chi connectivity index (χ1v) is 25.1. The van der Waals surface area contributed by atoms with Gasteiger partial charge in [-0.05, 0) is 34.4 Å². The number of amides is 2. The predicted octanol–water partition coefficient (Wildman–Crippen LogP) is 5.01. The number of aliphatic imine (C=N–C) groups is 3. The highest BCUT2D eigenvalue weighted by Crippen LogP contribution is 2.53. The fourth-order valence-electron chi connectivity index (χ4n) is 11.1. The van der Waals surface area contributed by atoms with Gasteiger partial charge in [-0.1, -0.05) is 103 Å². The van der Waals surface area contributed by atoms with E-state index in [1.807, 2.05) is 103 Å². The minimum Gasteiger partial charge on any atom is -0.487 e. The summed E-state index contributed by atoms with van der Waals surface area (Å²) >= 11 is 0. The molecule has 9 heterocycles. The minimum atomic E-state index is -1.59. The molecule has 19 nitrogen and oxygen atoms in total. The Kier molecular flexibility index (Phi) is 11.6. The largest absolute Gasteiger partial charge is 0.487 e. The Morgan fingerprint density at radius 2 is 1.51 bits per heavy atom. The molecule has 374 valence electrons. The van der Waals surface area contributed by atoms with E-state index in [9.17, 15) is 4.79 Å². The number of benzene rings is 4. The SMILES string of the molecule is NC(=O)c1cccc2c1COC2(C1=C2CN=C[N+]2(NCc2ccccc2)C(C(=O)Nc2nc3c(c(NCc4ccccc4)n2)OCC3)C(C2N=CC3=C(C=NC3)N2)=C1)c1nc2c(c(NCc3ccccc3)n1)CNC2. The molecule has 2 aromatic heterocycles. The second kappa shape index (κ2) is 18.9. The van der Waals surface area contributed by atoms with Gasteiger partial charge in [0.15, 0.2) is 28.7 Å². The molecule has 0 saturated carbocycles. The molecule has 4 atom stereocenters. The fraction of sp³-hybridized carbons (Fsp3) is 0.232. The minimum absolute atomic E-state index is 0.00858. The van der Waals surface area contributed by atoms with E-state index in [1.54, 1.807) is 18.6 Å². The average Bonchev–Trinajstić information content (AvgIpc) is 4.39. The molecule has 7 aliphatic rings. The van der Waals surface area contributed by atoms with E-state index in [2.05, 4.69) is 49.1 Å². The number of nitrogens with one attached hydrogen (secondary N) is 6. The molecule has 4 unspecified atom stereocenters. The van der Waals surface area contributed by atoms with Crippen molar-refractivity contribution in [2.75, 3.05) is 35.6 Å². The van der Waals surface area contributed by atoms with Crippen molar-refractivity contribution in [2.45, 2.75) is 63.6 Å². The number of quaternary nitrogens is 1. The molecule has 6 aromatic rings. The van der Waals surface area contributed by atoms with Crippen LogP contribution in [0.15, 0.2) is 158 Å². The van der Waals surface area contributed by atoms with Crippen molar-refractivity contribution in [1.29, 1.82) is 0 Å². The molecule has 0 saturated heterocycles. The summed E-state index contributed by atoms with van der Waals surface area (Å²) < 4.78 is 13.1. The molecule has 8 N–H and O–H groups in total. The van der Waals surface area contributed by atoms with Gasteiger partial charge in [0.25, 0.3) is 5.91 Å². The molecule has 19 heteroatoms. The van der Waals surface area contributed by atoms with Crippen LogP contribution < -0.4 is 42.5 Å². The highest BCUT2D eigenvalue weighted by molar-refractivity contribution is 5.99. The number of ether oxygens (including phenoxy) is 2.